The third kappa shape index (κ3) is 5.45. The molecule has 0 spiro atoms. The van der Waals surface area contributed by atoms with Gasteiger partial charge in [0.25, 0.3) is 0 Å². The van der Waals surface area contributed by atoms with Crippen LogP contribution in [0.5, 0.6) is 11.5 Å². The van der Waals surface area contributed by atoms with Crippen molar-refractivity contribution in [1.29, 1.82) is 0 Å². The maximum absolute atomic E-state index is 12.5. The average Bonchev–Trinajstić information content (AvgIpc) is 2.91. The van der Waals surface area contributed by atoms with Crippen molar-refractivity contribution >= 4 is 21.8 Å². The van der Waals surface area contributed by atoms with Crippen LogP contribution in [0.1, 0.15) is 34.6 Å². The van der Waals surface area contributed by atoms with Crippen LogP contribution in [0.4, 0.5) is 0 Å². The summed E-state index contributed by atoms with van der Waals surface area (Å²) in [6.45, 7) is 4.09. The SMILES string of the molecule is Cc1cc(C(=O)COC(=O)CCNS(=O)(=O)c2ccc3c(c2)OCCCO3)c(C)n1C. The number of hydrogen-bond acceptors (Lipinski definition) is 7. The molecule has 31 heavy (non-hydrogen) atoms. The number of carbonyl (C=O) groups excluding carboxylic acids is 2. The van der Waals surface area contributed by atoms with Gasteiger partial charge in [0.1, 0.15) is 0 Å². The highest BCUT2D eigenvalue weighted by Gasteiger charge is 2.20. The average molecular weight is 451 g/mol. The van der Waals surface area contributed by atoms with Crippen molar-refractivity contribution in [3.05, 3.63) is 41.2 Å². The second-order valence-electron chi connectivity index (χ2n) is 7.23. The van der Waals surface area contributed by atoms with Gasteiger partial charge in [-0.3, -0.25) is 9.59 Å². The largest absolute Gasteiger partial charge is 0.490 e. The maximum Gasteiger partial charge on any atom is 0.307 e. The van der Waals surface area contributed by atoms with E-state index in [9.17, 15) is 18.0 Å². The number of benzene rings is 1. The number of Topliss-reactive ketones (excluding diaryl/α,β-unsaturated/α-hetero) is 1. The molecule has 168 valence electrons. The molecule has 0 aliphatic carbocycles. The van der Waals surface area contributed by atoms with Crippen LogP contribution in [-0.4, -0.2) is 51.1 Å². The van der Waals surface area contributed by atoms with E-state index in [1.807, 2.05) is 25.5 Å². The van der Waals surface area contributed by atoms with Gasteiger partial charge in [0.15, 0.2) is 18.1 Å². The van der Waals surface area contributed by atoms with Crippen molar-refractivity contribution < 1.29 is 32.2 Å². The highest BCUT2D eigenvalue weighted by Crippen LogP contribution is 2.31. The van der Waals surface area contributed by atoms with Crippen LogP contribution >= 0.6 is 0 Å². The quantitative estimate of drug-likeness (QED) is 0.483. The zero-order valence-corrected chi connectivity index (χ0v) is 18.6. The Morgan fingerprint density at radius 1 is 1.13 bits per heavy atom. The van der Waals surface area contributed by atoms with Gasteiger partial charge in [-0.05, 0) is 32.0 Å². The fourth-order valence-corrected chi connectivity index (χ4v) is 4.16. The van der Waals surface area contributed by atoms with Gasteiger partial charge in [-0.15, -0.1) is 0 Å². The molecule has 1 aliphatic heterocycles. The second-order valence-corrected chi connectivity index (χ2v) is 9.00. The lowest BCUT2D eigenvalue weighted by atomic mass is 10.1. The summed E-state index contributed by atoms with van der Waals surface area (Å²) in [5, 5.41) is 0. The molecule has 1 aliphatic rings. The maximum atomic E-state index is 12.5. The Bertz CT molecular complexity index is 1090. The lowest BCUT2D eigenvalue weighted by Crippen LogP contribution is -2.27. The molecule has 0 unspecified atom stereocenters. The smallest absolute Gasteiger partial charge is 0.307 e. The number of nitrogens with zero attached hydrogens (tertiary/aromatic N) is 1. The molecule has 1 N–H and O–H groups in total. The van der Waals surface area contributed by atoms with Crippen molar-refractivity contribution in [2.24, 2.45) is 7.05 Å². The van der Waals surface area contributed by atoms with E-state index in [0.29, 0.717) is 36.7 Å². The molecule has 0 radical (unpaired) electrons. The molecule has 0 saturated heterocycles. The summed E-state index contributed by atoms with van der Waals surface area (Å²) in [6.07, 6.45) is 0.507. The number of aryl methyl sites for hydroxylation is 1. The summed E-state index contributed by atoms with van der Waals surface area (Å²) in [7, 11) is -2.00. The Morgan fingerprint density at radius 3 is 2.52 bits per heavy atom. The van der Waals surface area contributed by atoms with Gasteiger partial charge in [0.2, 0.25) is 15.8 Å². The standard InChI is InChI=1S/C21H26N2O7S/c1-14-11-17(15(2)23(14)3)18(24)13-30-21(25)7-8-22-31(26,27)16-5-6-19-20(12-16)29-10-4-9-28-19/h5-6,11-12,22H,4,7-10,13H2,1-3H3. The lowest BCUT2D eigenvalue weighted by molar-refractivity contribution is -0.142. The summed E-state index contributed by atoms with van der Waals surface area (Å²) in [5.74, 6) is -0.111. The Hall–Kier alpha value is -2.85. The number of fused-ring (bicyclic) bond motifs is 1. The van der Waals surface area contributed by atoms with E-state index in [0.717, 1.165) is 11.4 Å². The first-order valence-corrected chi connectivity index (χ1v) is 11.4. The first-order valence-electron chi connectivity index (χ1n) is 9.90. The van der Waals surface area contributed by atoms with E-state index in [2.05, 4.69) is 4.72 Å². The predicted octanol–water partition coefficient (Wildman–Crippen LogP) is 1.90. The van der Waals surface area contributed by atoms with Gasteiger partial charge in [-0.1, -0.05) is 0 Å². The summed E-state index contributed by atoms with van der Waals surface area (Å²) in [5.41, 5.74) is 2.22. The number of aromatic nitrogens is 1. The van der Waals surface area contributed by atoms with Gasteiger partial charge in [-0.2, -0.15) is 0 Å². The molecule has 3 rings (SSSR count). The van der Waals surface area contributed by atoms with Crippen molar-refractivity contribution in [3.8, 4) is 11.5 Å². The third-order valence-corrected chi connectivity index (χ3v) is 6.55. The van der Waals surface area contributed by atoms with Gasteiger partial charge >= 0.3 is 5.97 Å². The van der Waals surface area contributed by atoms with Crippen LogP contribution in [0.2, 0.25) is 0 Å². The van der Waals surface area contributed by atoms with Gasteiger partial charge in [0.05, 0.1) is 24.5 Å². The van der Waals surface area contributed by atoms with Crippen molar-refractivity contribution in [1.82, 2.24) is 9.29 Å². The molecular weight excluding hydrogens is 424 g/mol. The van der Waals surface area contributed by atoms with E-state index in [4.69, 9.17) is 14.2 Å². The molecule has 0 fully saturated rings. The van der Waals surface area contributed by atoms with E-state index in [1.54, 1.807) is 12.1 Å². The van der Waals surface area contributed by atoms with Gasteiger partial charge in [-0.25, -0.2) is 13.1 Å². The molecule has 1 aromatic carbocycles. The van der Waals surface area contributed by atoms with Crippen LogP contribution in [0.25, 0.3) is 0 Å². The van der Waals surface area contributed by atoms with Crippen LogP contribution in [0.3, 0.4) is 0 Å². The van der Waals surface area contributed by atoms with Crippen molar-refractivity contribution in [3.63, 3.8) is 0 Å². The minimum Gasteiger partial charge on any atom is -0.490 e. The summed E-state index contributed by atoms with van der Waals surface area (Å²) in [4.78, 5) is 24.2. The first-order chi connectivity index (χ1) is 14.7. The summed E-state index contributed by atoms with van der Waals surface area (Å²) >= 11 is 0. The van der Waals surface area contributed by atoms with E-state index >= 15 is 0 Å². The monoisotopic (exact) mass is 450 g/mol. The Labute approximate surface area is 181 Å². The topological polar surface area (TPSA) is 113 Å². The molecule has 2 aromatic rings. The van der Waals surface area contributed by atoms with Crippen LogP contribution in [-0.2, 0) is 26.6 Å². The first kappa shape index (κ1) is 22.8. The molecule has 0 amide bonds. The lowest BCUT2D eigenvalue weighted by Gasteiger charge is -2.11. The van der Waals surface area contributed by atoms with Gasteiger partial charge in [0, 0.05) is 43.0 Å². The molecule has 9 nitrogen and oxygen atoms in total. The number of esters is 1. The number of sulfonamides is 1. The van der Waals surface area contributed by atoms with E-state index in [1.165, 1.54) is 12.1 Å². The number of ketones is 1. The fourth-order valence-electron chi connectivity index (χ4n) is 3.12. The normalized spacial score (nSPS) is 13.5. The summed E-state index contributed by atoms with van der Waals surface area (Å²) in [6, 6.07) is 6.10. The van der Waals surface area contributed by atoms with Crippen LogP contribution in [0.15, 0.2) is 29.2 Å². The zero-order valence-electron chi connectivity index (χ0n) is 17.8. The highest BCUT2D eigenvalue weighted by molar-refractivity contribution is 7.89. The Balaban J connectivity index is 1.50. The van der Waals surface area contributed by atoms with Crippen molar-refractivity contribution in [2.45, 2.75) is 31.6 Å². The highest BCUT2D eigenvalue weighted by atomic mass is 32.2. The molecular formula is C21H26N2O7S. The second kappa shape index (κ2) is 9.52. The van der Waals surface area contributed by atoms with Gasteiger partial charge < -0.3 is 18.8 Å². The molecule has 0 saturated carbocycles. The molecule has 10 heteroatoms. The van der Waals surface area contributed by atoms with Crippen LogP contribution in [0, 0.1) is 13.8 Å². The third-order valence-electron chi connectivity index (χ3n) is 5.09. The fraction of sp³-hybridized carbons (Fsp3) is 0.429. The zero-order chi connectivity index (χ0) is 22.6. The van der Waals surface area contributed by atoms with E-state index in [-0.39, 0.29) is 23.6 Å². The molecule has 1 aromatic heterocycles. The number of carbonyl (C=O) groups is 2. The Kier molecular flexibility index (Phi) is 7.01. The minimum atomic E-state index is -3.85. The number of nitrogens with one attached hydrogen (secondary N) is 1. The van der Waals surface area contributed by atoms with E-state index < -0.39 is 22.6 Å². The molecule has 2 heterocycles. The summed E-state index contributed by atoms with van der Waals surface area (Å²) < 4.78 is 45.2. The number of hydrogen-bond donors (Lipinski definition) is 1. The molecule has 0 bridgehead atoms. The number of rotatable bonds is 8. The Morgan fingerprint density at radius 2 is 1.84 bits per heavy atom. The van der Waals surface area contributed by atoms with Crippen LogP contribution < -0.4 is 14.2 Å². The molecule has 0 atom stereocenters. The predicted molar refractivity (Wildman–Crippen MR) is 112 cm³/mol. The number of ether oxygens (including phenoxy) is 3. The van der Waals surface area contributed by atoms with Crippen molar-refractivity contribution in [2.75, 3.05) is 26.4 Å². The minimum absolute atomic E-state index is 0.00946.